The highest BCUT2D eigenvalue weighted by Gasteiger charge is 2.08. The second-order valence-corrected chi connectivity index (χ2v) is 4.82. The van der Waals surface area contributed by atoms with Gasteiger partial charge in [0.25, 0.3) is 0 Å². The zero-order valence-electron chi connectivity index (χ0n) is 12.1. The van der Waals surface area contributed by atoms with Gasteiger partial charge in [-0.2, -0.15) is 0 Å². The number of carbonyl (C=O) groups excluding carboxylic acids is 1. The minimum Gasteiger partial charge on any atom is -0.545 e. The maximum absolute atomic E-state index is 11.4. The maximum atomic E-state index is 11.4. The molecule has 0 N–H and O–H groups in total. The topological polar surface area (TPSA) is 62.2 Å². The molecule has 0 bridgehead atoms. The number of rotatable bonds is 4. The highest BCUT2D eigenvalue weighted by atomic mass is 16.5. The minimum absolute atomic E-state index is 0.148. The Morgan fingerprint density at radius 3 is 2.55 bits per heavy atom. The summed E-state index contributed by atoms with van der Waals surface area (Å²) >= 11 is 0. The van der Waals surface area contributed by atoms with Crippen molar-refractivity contribution in [3.63, 3.8) is 0 Å². The van der Waals surface area contributed by atoms with Crippen molar-refractivity contribution in [3.05, 3.63) is 60.2 Å². The molecule has 0 spiro atoms. The minimum atomic E-state index is -1.20. The molecule has 0 aliphatic carbocycles. The van der Waals surface area contributed by atoms with Crippen LogP contribution in [0.4, 0.5) is 0 Å². The second-order valence-electron chi connectivity index (χ2n) is 4.82. The lowest BCUT2D eigenvalue weighted by Crippen LogP contribution is -2.22. The molecule has 1 heterocycles. The average Bonchev–Trinajstić information content (AvgIpc) is 2.54. The van der Waals surface area contributed by atoms with Crippen LogP contribution in [0, 0.1) is 0 Å². The lowest BCUT2D eigenvalue weighted by atomic mass is 10.0. The van der Waals surface area contributed by atoms with E-state index in [1.54, 1.807) is 24.3 Å². The number of carbonyl (C=O) groups is 1. The summed E-state index contributed by atoms with van der Waals surface area (Å²) in [6.07, 6.45) is 0. The van der Waals surface area contributed by atoms with E-state index in [0.29, 0.717) is 23.2 Å². The van der Waals surface area contributed by atoms with Crippen molar-refractivity contribution in [1.82, 2.24) is 4.98 Å². The van der Waals surface area contributed by atoms with Crippen LogP contribution >= 0.6 is 0 Å². The lowest BCUT2D eigenvalue weighted by molar-refractivity contribution is -0.254. The number of carboxylic acid groups (broad SMARTS) is 1. The maximum Gasteiger partial charge on any atom is 0.119 e. The SMILES string of the molecule is CCOc1ccc(-c2cc(C(=O)[O-])c3ccccc3n2)cc1. The Labute approximate surface area is 128 Å². The summed E-state index contributed by atoms with van der Waals surface area (Å²) in [4.78, 5) is 15.9. The summed E-state index contributed by atoms with van der Waals surface area (Å²) in [5.41, 5.74) is 2.21. The van der Waals surface area contributed by atoms with Gasteiger partial charge in [-0.1, -0.05) is 18.2 Å². The Morgan fingerprint density at radius 1 is 1.14 bits per heavy atom. The van der Waals surface area contributed by atoms with Gasteiger partial charge in [0.05, 0.1) is 23.8 Å². The van der Waals surface area contributed by atoms with Crippen molar-refractivity contribution in [2.75, 3.05) is 6.61 Å². The summed E-state index contributed by atoms with van der Waals surface area (Å²) in [5.74, 6) is -0.432. The smallest absolute Gasteiger partial charge is 0.119 e. The van der Waals surface area contributed by atoms with Crippen LogP contribution in [0.1, 0.15) is 17.3 Å². The van der Waals surface area contributed by atoms with Crippen LogP contribution in [0.5, 0.6) is 5.75 Å². The number of ether oxygens (including phenoxy) is 1. The molecule has 1 aromatic heterocycles. The predicted molar refractivity (Wildman–Crippen MR) is 82.7 cm³/mol. The van der Waals surface area contributed by atoms with Crippen LogP contribution in [0.25, 0.3) is 22.2 Å². The zero-order valence-corrected chi connectivity index (χ0v) is 12.1. The van der Waals surface area contributed by atoms with Crippen LogP contribution in [-0.4, -0.2) is 17.6 Å². The standard InChI is InChI=1S/C18H15NO3/c1-2-22-13-9-7-12(8-10-13)17-11-15(18(20)21)14-5-3-4-6-16(14)19-17/h3-11H,2H2,1H3,(H,20,21)/p-1. The van der Waals surface area contributed by atoms with E-state index in [2.05, 4.69) is 4.98 Å². The number of pyridine rings is 1. The number of hydrogen-bond acceptors (Lipinski definition) is 4. The van der Waals surface area contributed by atoms with Crippen LogP contribution in [0.2, 0.25) is 0 Å². The third-order valence-corrected chi connectivity index (χ3v) is 3.40. The fourth-order valence-electron chi connectivity index (χ4n) is 2.38. The summed E-state index contributed by atoms with van der Waals surface area (Å²) in [6.45, 7) is 2.52. The molecular weight excluding hydrogens is 278 g/mol. The van der Waals surface area contributed by atoms with E-state index in [4.69, 9.17) is 4.74 Å². The van der Waals surface area contributed by atoms with Gasteiger partial charge in [-0.05, 0) is 43.3 Å². The third-order valence-electron chi connectivity index (χ3n) is 3.40. The van der Waals surface area contributed by atoms with Gasteiger partial charge < -0.3 is 14.6 Å². The van der Waals surface area contributed by atoms with Gasteiger partial charge in [0, 0.05) is 16.5 Å². The van der Waals surface area contributed by atoms with Crippen LogP contribution in [0.3, 0.4) is 0 Å². The van der Waals surface area contributed by atoms with Gasteiger partial charge in [0.2, 0.25) is 0 Å². The molecule has 22 heavy (non-hydrogen) atoms. The number of aromatic nitrogens is 1. The Hall–Kier alpha value is -2.88. The van der Waals surface area contributed by atoms with E-state index in [9.17, 15) is 9.90 Å². The first-order chi connectivity index (χ1) is 10.7. The third kappa shape index (κ3) is 2.63. The Kier molecular flexibility index (Phi) is 3.74. The average molecular weight is 292 g/mol. The van der Waals surface area contributed by atoms with E-state index in [0.717, 1.165) is 11.3 Å². The molecule has 4 nitrogen and oxygen atoms in total. The lowest BCUT2D eigenvalue weighted by Gasteiger charge is -2.11. The summed E-state index contributed by atoms with van der Waals surface area (Å²) in [5, 5.41) is 12.0. The van der Waals surface area contributed by atoms with Gasteiger partial charge in [-0.25, -0.2) is 4.98 Å². The predicted octanol–water partition coefficient (Wildman–Crippen LogP) is 2.66. The molecule has 0 amide bonds. The van der Waals surface area contributed by atoms with Crippen molar-refractivity contribution in [2.45, 2.75) is 6.92 Å². The molecule has 0 saturated carbocycles. The van der Waals surface area contributed by atoms with Crippen molar-refractivity contribution in [3.8, 4) is 17.0 Å². The molecule has 0 aliphatic rings. The number of para-hydroxylation sites is 1. The number of fused-ring (bicyclic) bond motifs is 1. The van der Waals surface area contributed by atoms with Gasteiger partial charge in [0.15, 0.2) is 0 Å². The molecular formula is C18H14NO3-. The summed E-state index contributed by atoms with van der Waals surface area (Å²) < 4.78 is 5.40. The first-order valence-electron chi connectivity index (χ1n) is 7.03. The Bertz CT molecular complexity index is 825. The molecule has 0 fully saturated rings. The number of nitrogens with zero attached hydrogens (tertiary/aromatic N) is 1. The van der Waals surface area contributed by atoms with E-state index in [-0.39, 0.29) is 5.56 Å². The second kappa shape index (κ2) is 5.85. The van der Waals surface area contributed by atoms with Crippen LogP contribution in [-0.2, 0) is 0 Å². The molecule has 3 aromatic rings. The first kappa shape index (κ1) is 14.1. The number of hydrogen-bond donors (Lipinski definition) is 0. The number of carboxylic acids is 1. The van der Waals surface area contributed by atoms with E-state index >= 15 is 0 Å². The molecule has 0 radical (unpaired) electrons. The molecule has 0 aliphatic heterocycles. The zero-order chi connectivity index (χ0) is 15.5. The monoisotopic (exact) mass is 292 g/mol. The normalized spacial score (nSPS) is 10.6. The highest BCUT2D eigenvalue weighted by Crippen LogP contribution is 2.26. The fraction of sp³-hybridized carbons (Fsp3) is 0.111. The van der Waals surface area contributed by atoms with Gasteiger partial charge in [0.1, 0.15) is 5.75 Å². The van der Waals surface area contributed by atoms with Crippen molar-refractivity contribution in [1.29, 1.82) is 0 Å². The van der Waals surface area contributed by atoms with Crippen molar-refractivity contribution in [2.24, 2.45) is 0 Å². The van der Waals surface area contributed by atoms with Gasteiger partial charge in [-0.15, -0.1) is 0 Å². The molecule has 0 unspecified atom stereocenters. The molecule has 0 saturated heterocycles. The van der Waals surface area contributed by atoms with E-state index in [1.165, 1.54) is 0 Å². The molecule has 2 aromatic carbocycles. The Morgan fingerprint density at radius 2 is 1.86 bits per heavy atom. The molecule has 0 atom stereocenters. The molecule has 4 heteroatoms. The summed E-state index contributed by atoms with van der Waals surface area (Å²) in [7, 11) is 0. The van der Waals surface area contributed by atoms with Crippen molar-refractivity contribution >= 4 is 16.9 Å². The summed E-state index contributed by atoms with van der Waals surface area (Å²) in [6, 6.07) is 16.1. The largest absolute Gasteiger partial charge is 0.545 e. The van der Waals surface area contributed by atoms with Crippen molar-refractivity contribution < 1.29 is 14.6 Å². The molecule has 3 rings (SSSR count). The first-order valence-corrected chi connectivity index (χ1v) is 7.03. The number of aromatic carboxylic acids is 1. The van der Waals surface area contributed by atoms with Gasteiger partial charge in [-0.3, -0.25) is 0 Å². The highest BCUT2D eigenvalue weighted by molar-refractivity contribution is 6.02. The fourth-order valence-corrected chi connectivity index (χ4v) is 2.38. The van der Waals surface area contributed by atoms with E-state index < -0.39 is 5.97 Å². The quantitative estimate of drug-likeness (QED) is 0.741. The van der Waals surface area contributed by atoms with Gasteiger partial charge >= 0.3 is 0 Å². The molecule has 110 valence electrons. The van der Waals surface area contributed by atoms with Crippen LogP contribution in [0.15, 0.2) is 54.6 Å². The van der Waals surface area contributed by atoms with E-state index in [1.807, 2.05) is 37.3 Å². The number of benzene rings is 2. The van der Waals surface area contributed by atoms with Crippen LogP contribution < -0.4 is 9.84 Å². The Balaban J connectivity index is 2.12.